The zero-order valence-corrected chi connectivity index (χ0v) is 13.6. The highest BCUT2D eigenvalue weighted by atomic mass is 32.2. The first-order chi connectivity index (χ1) is 9.36. The molecule has 114 valence electrons. The Bertz CT molecular complexity index is 559. The molecule has 0 aliphatic heterocycles. The van der Waals surface area contributed by atoms with Crippen LogP contribution in [0.25, 0.3) is 0 Å². The van der Waals surface area contributed by atoms with E-state index in [0.29, 0.717) is 23.9 Å². The zero-order chi connectivity index (χ0) is 14.9. The summed E-state index contributed by atoms with van der Waals surface area (Å²) < 4.78 is 28.7. The molecule has 0 bridgehead atoms. The summed E-state index contributed by atoms with van der Waals surface area (Å²) in [7, 11) is 0.182. The van der Waals surface area contributed by atoms with E-state index in [1.54, 1.807) is 19.3 Å². The number of hydrogen-bond donors (Lipinski definition) is 1. The van der Waals surface area contributed by atoms with E-state index in [9.17, 15) is 8.42 Å². The molecule has 0 radical (unpaired) electrons. The summed E-state index contributed by atoms with van der Waals surface area (Å²) in [5.41, 5.74) is 1.00. The lowest BCUT2D eigenvalue weighted by atomic mass is 10.3. The van der Waals surface area contributed by atoms with Gasteiger partial charge in [-0.1, -0.05) is 0 Å². The van der Waals surface area contributed by atoms with Gasteiger partial charge in [0, 0.05) is 38.1 Å². The second kappa shape index (κ2) is 5.87. The van der Waals surface area contributed by atoms with Gasteiger partial charge in [0.05, 0.1) is 0 Å². The molecule has 0 atom stereocenters. The third kappa shape index (κ3) is 3.24. The van der Waals surface area contributed by atoms with Crippen molar-refractivity contribution in [2.45, 2.75) is 44.2 Å². The number of rotatable bonds is 7. The Morgan fingerprint density at radius 3 is 2.60 bits per heavy atom. The first-order valence-corrected chi connectivity index (χ1v) is 8.62. The molecule has 0 spiro atoms. The minimum absolute atomic E-state index is 0.246. The van der Waals surface area contributed by atoms with Gasteiger partial charge in [-0.25, -0.2) is 12.7 Å². The van der Waals surface area contributed by atoms with E-state index in [0.717, 1.165) is 18.5 Å². The zero-order valence-electron chi connectivity index (χ0n) is 12.8. The first kappa shape index (κ1) is 15.5. The summed E-state index contributed by atoms with van der Waals surface area (Å²) in [6.45, 7) is 5.42. The lowest BCUT2D eigenvalue weighted by Gasteiger charge is -2.15. The highest BCUT2D eigenvalue weighted by molar-refractivity contribution is 7.89. The molecule has 2 rings (SSSR count). The summed E-state index contributed by atoms with van der Waals surface area (Å²) in [5.74, 6) is 0.554. The van der Waals surface area contributed by atoms with Gasteiger partial charge in [-0.15, -0.1) is 0 Å². The lowest BCUT2D eigenvalue weighted by Crippen LogP contribution is -2.28. The Balaban J connectivity index is 2.28. The van der Waals surface area contributed by atoms with Crippen molar-refractivity contribution in [2.75, 3.05) is 20.6 Å². The van der Waals surface area contributed by atoms with Crippen molar-refractivity contribution in [3.63, 3.8) is 0 Å². The van der Waals surface area contributed by atoms with Gasteiger partial charge in [-0.05, 0) is 45.7 Å². The molecular formula is C14H25N3O2S. The fourth-order valence-corrected chi connectivity index (χ4v) is 3.68. The molecule has 1 saturated carbocycles. The Labute approximate surface area is 122 Å². The molecule has 1 aliphatic rings. The number of aromatic nitrogens is 1. The van der Waals surface area contributed by atoms with Crippen LogP contribution in [0.15, 0.2) is 17.2 Å². The van der Waals surface area contributed by atoms with Gasteiger partial charge < -0.3 is 9.88 Å². The second-order valence-electron chi connectivity index (χ2n) is 5.93. The Morgan fingerprint density at radius 2 is 2.10 bits per heavy atom. The highest BCUT2D eigenvalue weighted by Gasteiger charge is 2.30. The van der Waals surface area contributed by atoms with Gasteiger partial charge in [0.15, 0.2) is 0 Å². The lowest BCUT2D eigenvalue weighted by molar-refractivity contribution is 0.452. The minimum Gasteiger partial charge on any atom is -0.346 e. The molecule has 0 aromatic carbocycles. The molecule has 20 heavy (non-hydrogen) atoms. The van der Waals surface area contributed by atoms with E-state index in [1.807, 2.05) is 11.6 Å². The van der Waals surface area contributed by atoms with Crippen LogP contribution in [-0.4, -0.2) is 37.9 Å². The minimum atomic E-state index is -3.36. The third-order valence-electron chi connectivity index (χ3n) is 3.74. The van der Waals surface area contributed by atoms with Crippen LogP contribution in [0.2, 0.25) is 0 Å². The number of sulfonamides is 1. The van der Waals surface area contributed by atoms with E-state index in [1.165, 1.54) is 4.31 Å². The molecule has 0 unspecified atom stereocenters. The number of nitrogens with one attached hydrogen (secondary N) is 1. The van der Waals surface area contributed by atoms with Crippen molar-refractivity contribution in [1.29, 1.82) is 0 Å². The van der Waals surface area contributed by atoms with Crippen molar-refractivity contribution in [3.8, 4) is 0 Å². The van der Waals surface area contributed by atoms with Crippen LogP contribution < -0.4 is 5.32 Å². The molecule has 1 aliphatic carbocycles. The Kier molecular flexibility index (Phi) is 4.56. The average molecular weight is 299 g/mol. The summed E-state index contributed by atoms with van der Waals surface area (Å²) in [6.07, 6.45) is 4.06. The molecular weight excluding hydrogens is 274 g/mol. The predicted octanol–water partition coefficient (Wildman–Crippen LogP) is 1.82. The van der Waals surface area contributed by atoms with Crippen LogP contribution in [0.1, 0.15) is 38.4 Å². The number of nitrogens with zero attached hydrogens (tertiary/aromatic N) is 2. The van der Waals surface area contributed by atoms with E-state index >= 15 is 0 Å². The monoisotopic (exact) mass is 299 g/mol. The molecule has 1 heterocycles. The van der Waals surface area contributed by atoms with E-state index in [-0.39, 0.29) is 6.04 Å². The molecule has 1 aromatic rings. The van der Waals surface area contributed by atoms with Gasteiger partial charge in [-0.2, -0.15) is 0 Å². The maximum Gasteiger partial charge on any atom is 0.244 e. The third-order valence-corrected chi connectivity index (χ3v) is 5.53. The van der Waals surface area contributed by atoms with E-state index in [2.05, 4.69) is 19.2 Å². The quantitative estimate of drug-likeness (QED) is 0.835. The normalized spacial score (nSPS) is 16.3. The summed E-state index contributed by atoms with van der Waals surface area (Å²) in [4.78, 5) is 0.402. The van der Waals surface area contributed by atoms with Crippen LogP contribution in [0.4, 0.5) is 0 Å². The fourth-order valence-electron chi connectivity index (χ4n) is 2.38. The largest absolute Gasteiger partial charge is 0.346 e. The van der Waals surface area contributed by atoms with Crippen LogP contribution >= 0.6 is 0 Å². The SMILES string of the molecule is CNCc1cc(S(=O)(=O)N(C)CC2CC2)cn1C(C)C. The smallest absolute Gasteiger partial charge is 0.244 e. The molecule has 5 nitrogen and oxygen atoms in total. The van der Waals surface area contributed by atoms with E-state index < -0.39 is 10.0 Å². The van der Waals surface area contributed by atoms with Crippen LogP contribution in [-0.2, 0) is 16.6 Å². The summed E-state index contributed by atoms with van der Waals surface area (Å²) >= 11 is 0. The number of hydrogen-bond acceptors (Lipinski definition) is 3. The van der Waals surface area contributed by atoms with E-state index in [4.69, 9.17) is 0 Å². The molecule has 0 amide bonds. The van der Waals surface area contributed by atoms with Gasteiger partial charge in [0.2, 0.25) is 10.0 Å². The molecule has 1 N–H and O–H groups in total. The highest BCUT2D eigenvalue weighted by Crippen LogP contribution is 2.31. The Morgan fingerprint density at radius 1 is 1.45 bits per heavy atom. The van der Waals surface area contributed by atoms with Gasteiger partial charge in [0.25, 0.3) is 0 Å². The average Bonchev–Trinajstić information content (AvgIpc) is 3.06. The summed E-state index contributed by atoms with van der Waals surface area (Å²) in [6, 6.07) is 2.03. The molecule has 0 saturated heterocycles. The molecule has 1 aromatic heterocycles. The van der Waals surface area contributed by atoms with Gasteiger partial charge in [0.1, 0.15) is 4.90 Å². The predicted molar refractivity (Wildman–Crippen MR) is 80.1 cm³/mol. The van der Waals surface area contributed by atoms with Gasteiger partial charge in [-0.3, -0.25) is 0 Å². The summed E-state index contributed by atoms with van der Waals surface area (Å²) in [5, 5.41) is 3.09. The fraction of sp³-hybridized carbons (Fsp3) is 0.714. The van der Waals surface area contributed by atoms with Crippen molar-refractivity contribution < 1.29 is 8.42 Å². The maximum absolute atomic E-state index is 12.6. The van der Waals surface area contributed by atoms with Crippen LogP contribution in [0.5, 0.6) is 0 Å². The van der Waals surface area contributed by atoms with Crippen molar-refractivity contribution in [3.05, 3.63) is 18.0 Å². The van der Waals surface area contributed by atoms with Crippen LogP contribution in [0.3, 0.4) is 0 Å². The standard InChI is InChI=1S/C14H25N3O2S/c1-11(2)17-10-14(7-13(17)8-15-3)20(18,19)16(4)9-12-5-6-12/h7,10-12,15H,5-6,8-9H2,1-4H3. The second-order valence-corrected chi connectivity index (χ2v) is 7.97. The van der Waals surface area contributed by atoms with Crippen molar-refractivity contribution >= 4 is 10.0 Å². The van der Waals surface area contributed by atoms with Crippen molar-refractivity contribution in [2.24, 2.45) is 5.92 Å². The Hall–Kier alpha value is -0.850. The molecule has 1 fully saturated rings. The maximum atomic E-state index is 12.6. The van der Waals surface area contributed by atoms with Crippen LogP contribution in [0, 0.1) is 5.92 Å². The van der Waals surface area contributed by atoms with Gasteiger partial charge >= 0.3 is 0 Å². The topological polar surface area (TPSA) is 54.3 Å². The first-order valence-electron chi connectivity index (χ1n) is 7.18. The van der Waals surface area contributed by atoms with Crippen molar-refractivity contribution in [1.82, 2.24) is 14.2 Å². The molecule has 6 heteroatoms.